The third-order valence-electron chi connectivity index (χ3n) is 2.47. The highest BCUT2D eigenvalue weighted by Gasteiger charge is 2.07. The largest absolute Gasteiger partial charge is 0.386 e. The summed E-state index contributed by atoms with van der Waals surface area (Å²) in [4.78, 5) is 12.1. The van der Waals surface area contributed by atoms with Crippen LogP contribution in [-0.2, 0) is 0 Å². The molecule has 0 bridgehead atoms. The molecule has 0 fully saturated rings. The first kappa shape index (κ1) is 14.5. The quantitative estimate of drug-likeness (QED) is 0.610. The van der Waals surface area contributed by atoms with Crippen molar-refractivity contribution in [1.29, 1.82) is 0 Å². The molecule has 98 valence electrons. The molecule has 0 aliphatic heterocycles. The van der Waals surface area contributed by atoms with Gasteiger partial charge in [-0.3, -0.25) is 4.79 Å². The summed E-state index contributed by atoms with van der Waals surface area (Å²) in [6, 6.07) is 9.74. The van der Waals surface area contributed by atoms with E-state index in [0.717, 1.165) is 17.7 Å². The predicted octanol–water partition coefficient (Wildman–Crippen LogP) is 3.80. The summed E-state index contributed by atoms with van der Waals surface area (Å²) in [5.41, 5.74) is 1.76. The summed E-state index contributed by atoms with van der Waals surface area (Å²) in [5, 5.41) is 3.35. The Hall–Kier alpha value is -1.57. The minimum absolute atomic E-state index is 0.0689. The highest BCUT2D eigenvalue weighted by Crippen LogP contribution is 2.11. The molecule has 1 rings (SSSR count). The fourth-order valence-electron chi connectivity index (χ4n) is 1.81. The van der Waals surface area contributed by atoms with Crippen molar-refractivity contribution in [2.75, 3.05) is 0 Å². The van der Waals surface area contributed by atoms with Crippen LogP contribution >= 0.6 is 0 Å². The van der Waals surface area contributed by atoms with Crippen molar-refractivity contribution >= 4 is 5.78 Å². The standard InChI is InChI=1S/C16H23NO/c1-12(2)10-15(17-13(3)4)11-16(18)14-8-6-5-7-9-14/h5-9,11-13,17H,10H2,1-4H3/b15-11-. The Bertz CT molecular complexity index is 392. The molecule has 0 aliphatic rings. The van der Waals surface area contributed by atoms with Crippen LogP contribution in [0.3, 0.4) is 0 Å². The van der Waals surface area contributed by atoms with Crippen molar-refractivity contribution in [1.82, 2.24) is 5.32 Å². The van der Waals surface area contributed by atoms with Crippen molar-refractivity contribution < 1.29 is 4.79 Å². The molecule has 0 heterocycles. The maximum Gasteiger partial charge on any atom is 0.187 e. The molecular formula is C16H23NO. The first-order chi connectivity index (χ1) is 8.49. The van der Waals surface area contributed by atoms with Gasteiger partial charge in [0.15, 0.2) is 5.78 Å². The van der Waals surface area contributed by atoms with Gasteiger partial charge in [-0.2, -0.15) is 0 Å². The molecule has 0 spiro atoms. The average molecular weight is 245 g/mol. The van der Waals surface area contributed by atoms with Crippen molar-refractivity contribution in [3.63, 3.8) is 0 Å². The van der Waals surface area contributed by atoms with Crippen molar-refractivity contribution in [3.8, 4) is 0 Å². The van der Waals surface area contributed by atoms with Gasteiger partial charge >= 0.3 is 0 Å². The number of rotatable bonds is 6. The lowest BCUT2D eigenvalue weighted by Gasteiger charge is -2.16. The van der Waals surface area contributed by atoms with Gasteiger partial charge < -0.3 is 5.32 Å². The lowest BCUT2D eigenvalue weighted by molar-refractivity contribution is 0.104. The lowest BCUT2D eigenvalue weighted by Crippen LogP contribution is -2.23. The first-order valence-electron chi connectivity index (χ1n) is 6.55. The van der Waals surface area contributed by atoms with E-state index in [1.165, 1.54) is 0 Å². The minimum atomic E-state index is 0.0689. The molecule has 0 unspecified atom stereocenters. The van der Waals surface area contributed by atoms with E-state index in [-0.39, 0.29) is 5.78 Å². The van der Waals surface area contributed by atoms with Gasteiger partial charge in [-0.15, -0.1) is 0 Å². The van der Waals surface area contributed by atoms with Gasteiger partial charge in [0.1, 0.15) is 0 Å². The van der Waals surface area contributed by atoms with Crippen LogP contribution in [0, 0.1) is 5.92 Å². The second kappa shape index (κ2) is 7.00. The van der Waals surface area contributed by atoms with Crippen molar-refractivity contribution in [2.24, 2.45) is 5.92 Å². The summed E-state index contributed by atoms with van der Waals surface area (Å²) in [5.74, 6) is 0.602. The molecule has 0 saturated heterocycles. The molecule has 0 atom stereocenters. The molecule has 2 heteroatoms. The molecule has 0 aromatic heterocycles. The third-order valence-corrected chi connectivity index (χ3v) is 2.47. The highest BCUT2D eigenvalue weighted by atomic mass is 16.1. The fourth-order valence-corrected chi connectivity index (χ4v) is 1.81. The molecule has 1 aromatic carbocycles. The normalized spacial score (nSPS) is 12.0. The van der Waals surface area contributed by atoms with Gasteiger partial charge in [-0.1, -0.05) is 44.2 Å². The molecule has 2 nitrogen and oxygen atoms in total. The molecule has 1 N–H and O–H groups in total. The summed E-state index contributed by atoms with van der Waals surface area (Å²) in [7, 11) is 0. The van der Waals surface area contributed by atoms with E-state index in [1.807, 2.05) is 30.3 Å². The van der Waals surface area contributed by atoms with E-state index in [2.05, 4.69) is 33.0 Å². The third kappa shape index (κ3) is 5.17. The molecule has 0 aliphatic carbocycles. The summed E-state index contributed by atoms with van der Waals surface area (Å²) in [6.07, 6.45) is 2.63. The van der Waals surface area contributed by atoms with Crippen LogP contribution in [0.1, 0.15) is 44.5 Å². The Labute approximate surface area is 110 Å². The fraction of sp³-hybridized carbons (Fsp3) is 0.438. The zero-order valence-corrected chi connectivity index (χ0v) is 11.7. The maximum absolute atomic E-state index is 12.1. The molecular weight excluding hydrogens is 222 g/mol. The van der Waals surface area contributed by atoms with Gasteiger partial charge in [0.25, 0.3) is 0 Å². The van der Waals surface area contributed by atoms with Gasteiger partial charge in [-0.25, -0.2) is 0 Å². The van der Waals surface area contributed by atoms with Gasteiger partial charge in [0, 0.05) is 23.4 Å². The summed E-state index contributed by atoms with van der Waals surface area (Å²) >= 11 is 0. The molecule has 0 radical (unpaired) electrons. The smallest absolute Gasteiger partial charge is 0.187 e. The van der Waals surface area contributed by atoms with E-state index in [4.69, 9.17) is 0 Å². The topological polar surface area (TPSA) is 29.1 Å². The molecule has 1 aromatic rings. The second-order valence-corrected chi connectivity index (χ2v) is 5.30. The van der Waals surface area contributed by atoms with Crippen molar-refractivity contribution in [3.05, 3.63) is 47.7 Å². The number of carbonyl (C=O) groups is 1. The van der Waals surface area contributed by atoms with Crippen LogP contribution in [0.2, 0.25) is 0 Å². The van der Waals surface area contributed by atoms with Crippen LogP contribution < -0.4 is 5.32 Å². The van der Waals surface area contributed by atoms with E-state index in [9.17, 15) is 4.79 Å². The zero-order chi connectivity index (χ0) is 13.5. The predicted molar refractivity (Wildman–Crippen MR) is 76.6 cm³/mol. The van der Waals surface area contributed by atoms with Crippen molar-refractivity contribution in [2.45, 2.75) is 40.2 Å². The number of hydrogen-bond donors (Lipinski definition) is 1. The van der Waals surface area contributed by atoms with Gasteiger partial charge in [-0.05, 0) is 26.2 Å². The SMILES string of the molecule is CC(C)C/C(=C/C(=O)c1ccccc1)NC(C)C. The monoisotopic (exact) mass is 245 g/mol. The number of nitrogens with one attached hydrogen (secondary N) is 1. The number of hydrogen-bond acceptors (Lipinski definition) is 2. The van der Waals surface area contributed by atoms with Crippen LogP contribution in [0.15, 0.2) is 42.1 Å². The van der Waals surface area contributed by atoms with Crippen LogP contribution in [0.25, 0.3) is 0 Å². The summed E-state index contributed by atoms with van der Waals surface area (Å²) in [6.45, 7) is 8.48. The number of benzene rings is 1. The van der Waals surface area contributed by atoms with Crippen LogP contribution in [-0.4, -0.2) is 11.8 Å². The lowest BCUT2D eigenvalue weighted by atomic mass is 10.0. The Balaban J connectivity index is 2.83. The van der Waals surface area contributed by atoms with Gasteiger partial charge in [0.2, 0.25) is 0 Å². The average Bonchev–Trinajstić information content (AvgIpc) is 2.28. The minimum Gasteiger partial charge on any atom is -0.386 e. The molecule has 18 heavy (non-hydrogen) atoms. The maximum atomic E-state index is 12.1. The number of ketones is 1. The van der Waals surface area contributed by atoms with E-state index in [1.54, 1.807) is 6.08 Å². The Kier molecular flexibility index (Phi) is 5.63. The zero-order valence-electron chi connectivity index (χ0n) is 11.7. The highest BCUT2D eigenvalue weighted by molar-refractivity contribution is 6.04. The number of allylic oxidation sites excluding steroid dienone is 2. The Morgan fingerprint density at radius 3 is 2.28 bits per heavy atom. The second-order valence-electron chi connectivity index (χ2n) is 5.30. The number of carbonyl (C=O) groups excluding carboxylic acids is 1. The Morgan fingerprint density at radius 1 is 1.17 bits per heavy atom. The molecule has 0 saturated carbocycles. The van der Waals surface area contributed by atoms with Crippen LogP contribution in [0.4, 0.5) is 0 Å². The first-order valence-corrected chi connectivity index (χ1v) is 6.55. The van der Waals surface area contributed by atoms with E-state index in [0.29, 0.717) is 12.0 Å². The summed E-state index contributed by atoms with van der Waals surface area (Å²) < 4.78 is 0. The Morgan fingerprint density at radius 2 is 1.78 bits per heavy atom. The molecule has 0 amide bonds. The van der Waals surface area contributed by atoms with E-state index >= 15 is 0 Å². The van der Waals surface area contributed by atoms with Crippen LogP contribution in [0.5, 0.6) is 0 Å². The van der Waals surface area contributed by atoms with E-state index < -0.39 is 0 Å². The van der Waals surface area contributed by atoms with Gasteiger partial charge in [0.05, 0.1) is 0 Å².